The molecule has 0 N–H and O–H groups in total. The molecule has 0 heterocycles. The van der Waals surface area contributed by atoms with Crippen molar-refractivity contribution in [3.05, 3.63) is 17.0 Å². The fourth-order valence-electron chi connectivity index (χ4n) is 4.17. The molecule has 0 bridgehead atoms. The van der Waals surface area contributed by atoms with Crippen LogP contribution in [0.3, 0.4) is 0 Å². The Morgan fingerprint density at radius 1 is 1.29 bits per heavy atom. The molecule has 1 saturated carbocycles. The zero-order valence-corrected chi connectivity index (χ0v) is 12.2. The van der Waals surface area contributed by atoms with E-state index in [0.717, 1.165) is 11.8 Å². The van der Waals surface area contributed by atoms with Crippen molar-refractivity contribution in [3.8, 4) is 0 Å². The molecule has 98 valence electrons. The van der Waals surface area contributed by atoms with Crippen LogP contribution in [-0.2, 0) is 0 Å². The van der Waals surface area contributed by atoms with Gasteiger partial charge in [-0.15, -0.1) is 6.04 Å². The van der Waals surface area contributed by atoms with Crippen LogP contribution in [0.25, 0.3) is 5.32 Å². The molecule has 0 aliphatic heterocycles. The fraction of sp³-hybridized carbons (Fsp3) is 0.875. The first-order valence-corrected chi connectivity index (χ1v) is 7.32. The lowest BCUT2D eigenvalue weighted by Gasteiger charge is -2.50. The molecule has 0 aromatic rings. The summed E-state index contributed by atoms with van der Waals surface area (Å²) < 4.78 is 0. The van der Waals surface area contributed by atoms with E-state index in [0.29, 0.717) is 17.4 Å². The van der Waals surface area contributed by atoms with Crippen LogP contribution in [0.5, 0.6) is 0 Å². The Balaban J connectivity index is 2.36. The molecule has 0 aromatic heterocycles. The summed E-state index contributed by atoms with van der Waals surface area (Å²) in [6.45, 7) is 9.51. The van der Waals surface area contributed by atoms with Crippen LogP contribution in [-0.4, -0.2) is 13.1 Å². The summed E-state index contributed by atoms with van der Waals surface area (Å²) in [4.78, 5) is 0. The molecule has 17 heavy (non-hydrogen) atoms. The third-order valence-corrected chi connectivity index (χ3v) is 5.38. The second kappa shape index (κ2) is 4.76. The van der Waals surface area contributed by atoms with Gasteiger partial charge in [0.1, 0.15) is 0 Å². The summed E-state index contributed by atoms with van der Waals surface area (Å²) in [7, 11) is 2.03. The molecule has 2 aliphatic carbocycles. The van der Waals surface area contributed by atoms with Gasteiger partial charge in [-0.1, -0.05) is 51.7 Å². The van der Waals surface area contributed by atoms with Crippen molar-refractivity contribution in [2.24, 2.45) is 23.2 Å². The highest BCUT2D eigenvalue weighted by Gasteiger charge is 2.45. The maximum atomic E-state index is 4.75. The van der Waals surface area contributed by atoms with Crippen molar-refractivity contribution in [2.45, 2.75) is 59.4 Å². The van der Waals surface area contributed by atoms with Gasteiger partial charge in [0.15, 0.2) is 0 Å². The van der Waals surface area contributed by atoms with Crippen LogP contribution in [0, 0.1) is 23.2 Å². The Kier molecular flexibility index (Phi) is 3.68. The Morgan fingerprint density at radius 2 is 2.00 bits per heavy atom. The van der Waals surface area contributed by atoms with E-state index in [1.54, 1.807) is 5.57 Å². The first-order valence-electron chi connectivity index (χ1n) is 7.32. The smallest absolute Gasteiger partial charge is 0.0247 e. The number of rotatable bonds is 2. The van der Waals surface area contributed by atoms with Gasteiger partial charge >= 0.3 is 0 Å². The van der Waals surface area contributed by atoms with E-state index >= 15 is 0 Å². The summed E-state index contributed by atoms with van der Waals surface area (Å²) in [5, 5.41) is 4.75. The third-order valence-electron chi connectivity index (χ3n) is 5.38. The lowest BCUT2D eigenvalue weighted by Crippen LogP contribution is -2.39. The fourth-order valence-corrected chi connectivity index (χ4v) is 4.17. The maximum absolute atomic E-state index is 4.75. The quantitative estimate of drug-likeness (QED) is 0.610. The van der Waals surface area contributed by atoms with Gasteiger partial charge < -0.3 is 5.32 Å². The molecule has 4 atom stereocenters. The summed E-state index contributed by atoms with van der Waals surface area (Å²) in [6, 6.07) is 0.562. The summed E-state index contributed by atoms with van der Waals surface area (Å²) >= 11 is 0. The summed E-state index contributed by atoms with van der Waals surface area (Å²) in [5.74, 6) is 2.29. The van der Waals surface area contributed by atoms with E-state index in [1.807, 2.05) is 7.05 Å². The minimum atomic E-state index is 0.395. The number of nitrogens with zero attached hydrogens (tertiary/aromatic N) is 1. The van der Waals surface area contributed by atoms with Crippen LogP contribution in [0.1, 0.15) is 53.4 Å². The van der Waals surface area contributed by atoms with Crippen molar-refractivity contribution in [1.29, 1.82) is 0 Å². The van der Waals surface area contributed by atoms with Gasteiger partial charge in [-0.2, -0.15) is 7.05 Å². The molecule has 0 saturated heterocycles. The molecule has 0 amide bonds. The molecule has 2 rings (SSSR count). The molecule has 1 spiro atoms. The first kappa shape index (κ1) is 13.1. The first-order chi connectivity index (χ1) is 8.01. The van der Waals surface area contributed by atoms with Gasteiger partial charge in [-0.25, -0.2) is 0 Å². The van der Waals surface area contributed by atoms with Crippen LogP contribution >= 0.6 is 0 Å². The molecular weight excluding hydrogens is 206 g/mol. The van der Waals surface area contributed by atoms with E-state index in [-0.39, 0.29) is 0 Å². The van der Waals surface area contributed by atoms with Gasteiger partial charge in [0.05, 0.1) is 0 Å². The normalized spacial score (nSPS) is 42.2. The van der Waals surface area contributed by atoms with Gasteiger partial charge in [0, 0.05) is 0 Å². The predicted molar refractivity (Wildman–Crippen MR) is 75.2 cm³/mol. The largest absolute Gasteiger partial charge is 0.661 e. The van der Waals surface area contributed by atoms with E-state index in [1.165, 1.54) is 25.7 Å². The highest BCUT2D eigenvalue weighted by molar-refractivity contribution is 5.25. The van der Waals surface area contributed by atoms with Gasteiger partial charge in [-0.05, 0) is 36.5 Å². The molecule has 1 nitrogen and oxygen atoms in total. The van der Waals surface area contributed by atoms with Crippen LogP contribution in [0.15, 0.2) is 11.6 Å². The third kappa shape index (κ3) is 2.07. The zero-order valence-electron chi connectivity index (χ0n) is 12.2. The molecule has 2 aliphatic rings. The van der Waals surface area contributed by atoms with Crippen LogP contribution < -0.4 is 0 Å². The standard InChI is InChI=1S/C16H28N/c1-11(2)14-7-6-13(4)16(10-14)9-8-12(3)15(16)17-5/h10-13,15H,6-9H2,1-5H3/q-1/t12-,13-,15+,16-/m0/s1. The van der Waals surface area contributed by atoms with Crippen molar-refractivity contribution in [2.75, 3.05) is 7.05 Å². The molecule has 1 fully saturated rings. The van der Waals surface area contributed by atoms with E-state index in [2.05, 4.69) is 33.8 Å². The summed E-state index contributed by atoms with van der Waals surface area (Å²) in [5.41, 5.74) is 2.08. The van der Waals surface area contributed by atoms with Gasteiger partial charge in [0.25, 0.3) is 0 Å². The second-order valence-electron chi connectivity index (χ2n) is 6.65. The Bertz CT molecular complexity index is 305. The number of hydrogen-bond donors (Lipinski definition) is 0. The molecular formula is C16H28N-. The number of allylic oxidation sites excluding steroid dienone is 1. The monoisotopic (exact) mass is 234 g/mol. The minimum absolute atomic E-state index is 0.395. The van der Waals surface area contributed by atoms with E-state index < -0.39 is 0 Å². The lowest BCUT2D eigenvalue weighted by atomic mass is 9.64. The number of hydrogen-bond acceptors (Lipinski definition) is 0. The zero-order chi connectivity index (χ0) is 12.6. The van der Waals surface area contributed by atoms with E-state index in [4.69, 9.17) is 5.32 Å². The van der Waals surface area contributed by atoms with Crippen molar-refractivity contribution in [3.63, 3.8) is 0 Å². The van der Waals surface area contributed by atoms with E-state index in [9.17, 15) is 0 Å². The molecule has 1 heteroatoms. The topological polar surface area (TPSA) is 14.1 Å². The lowest BCUT2D eigenvalue weighted by molar-refractivity contribution is 0.199. The Hall–Kier alpha value is -0.300. The van der Waals surface area contributed by atoms with Gasteiger partial charge in [-0.3, -0.25) is 0 Å². The van der Waals surface area contributed by atoms with Crippen LogP contribution in [0.4, 0.5) is 0 Å². The molecule has 0 radical (unpaired) electrons. The SMILES string of the molecule is C[N-][C@@H]1[C@@H](C)CC[C@@]12C=C(C(C)C)CC[C@@H]2C. The minimum Gasteiger partial charge on any atom is -0.661 e. The Labute approximate surface area is 107 Å². The average Bonchev–Trinajstić information content (AvgIpc) is 2.60. The average molecular weight is 234 g/mol. The van der Waals surface area contributed by atoms with Crippen molar-refractivity contribution >= 4 is 0 Å². The molecule has 0 aromatic carbocycles. The molecule has 0 unspecified atom stereocenters. The highest BCUT2D eigenvalue weighted by Crippen LogP contribution is 2.55. The highest BCUT2D eigenvalue weighted by atomic mass is 14.9. The van der Waals surface area contributed by atoms with Crippen molar-refractivity contribution in [1.82, 2.24) is 0 Å². The Morgan fingerprint density at radius 3 is 2.59 bits per heavy atom. The maximum Gasteiger partial charge on any atom is -0.0247 e. The van der Waals surface area contributed by atoms with Gasteiger partial charge in [0.2, 0.25) is 0 Å². The van der Waals surface area contributed by atoms with Crippen molar-refractivity contribution < 1.29 is 0 Å². The second-order valence-corrected chi connectivity index (χ2v) is 6.65. The predicted octanol–water partition coefficient (Wildman–Crippen LogP) is 4.79. The summed E-state index contributed by atoms with van der Waals surface area (Å²) in [6.07, 6.45) is 8.03. The van der Waals surface area contributed by atoms with Crippen LogP contribution in [0.2, 0.25) is 0 Å².